The first kappa shape index (κ1) is 24.4. The number of nitrogens with zero attached hydrogens (tertiary/aromatic N) is 2. The van der Waals surface area contributed by atoms with Gasteiger partial charge in [-0.2, -0.15) is 0 Å². The van der Waals surface area contributed by atoms with Crippen molar-refractivity contribution >= 4 is 0 Å². The van der Waals surface area contributed by atoms with Crippen molar-refractivity contribution in [3.63, 3.8) is 0 Å². The molecule has 0 aromatic heterocycles. The second kappa shape index (κ2) is 9.35. The van der Waals surface area contributed by atoms with Crippen molar-refractivity contribution in [1.29, 1.82) is 0 Å². The minimum atomic E-state index is -0.330. The van der Waals surface area contributed by atoms with Gasteiger partial charge in [-0.05, 0) is 105 Å². The van der Waals surface area contributed by atoms with Crippen LogP contribution in [0.5, 0.6) is 0 Å². The molecule has 3 saturated heterocycles. The summed E-state index contributed by atoms with van der Waals surface area (Å²) in [5, 5.41) is 3.87. The lowest BCUT2D eigenvalue weighted by Gasteiger charge is -2.54. The van der Waals surface area contributed by atoms with Crippen LogP contribution in [0.3, 0.4) is 0 Å². The zero-order chi connectivity index (χ0) is 22.2. The van der Waals surface area contributed by atoms with Crippen molar-refractivity contribution in [2.75, 3.05) is 13.1 Å². The van der Waals surface area contributed by atoms with Gasteiger partial charge >= 0.3 is 0 Å². The lowest BCUT2D eigenvalue weighted by Crippen LogP contribution is -2.67. The number of likely N-dealkylation sites (tertiary alicyclic amines) is 2. The maximum Gasteiger partial charge on any atom is 0.0674 e. The summed E-state index contributed by atoms with van der Waals surface area (Å²) in [5.41, 5.74) is 14.1. The number of rotatable bonds is 5. The summed E-state index contributed by atoms with van der Waals surface area (Å²) in [6.45, 7) is 16.5. The maximum atomic E-state index is 7.09. The van der Waals surface area contributed by atoms with E-state index in [-0.39, 0.29) is 22.9 Å². The second-order valence-electron chi connectivity index (χ2n) is 12.3. The van der Waals surface area contributed by atoms with Gasteiger partial charge in [0.25, 0.3) is 0 Å². The molecular formula is C25H51N5. The lowest BCUT2D eigenvalue weighted by molar-refractivity contribution is -0.0372. The Morgan fingerprint density at radius 2 is 1.60 bits per heavy atom. The van der Waals surface area contributed by atoms with Crippen LogP contribution in [0.15, 0.2) is 0 Å². The van der Waals surface area contributed by atoms with Crippen LogP contribution in [0.25, 0.3) is 0 Å². The fraction of sp³-hybridized carbons (Fsp3) is 1.00. The van der Waals surface area contributed by atoms with E-state index in [0.29, 0.717) is 18.0 Å². The van der Waals surface area contributed by atoms with Crippen LogP contribution in [0, 0.1) is 5.92 Å². The van der Waals surface area contributed by atoms with Crippen molar-refractivity contribution in [3.8, 4) is 0 Å². The van der Waals surface area contributed by atoms with Crippen molar-refractivity contribution in [3.05, 3.63) is 0 Å². The molecule has 3 aliphatic rings. The molecule has 0 bridgehead atoms. The Morgan fingerprint density at radius 1 is 1.00 bits per heavy atom. The Labute approximate surface area is 186 Å². The maximum absolute atomic E-state index is 7.09. The number of nitrogens with one attached hydrogen (secondary N) is 1. The molecular weight excluding hydrogens is 370 g/mol. The molecule has 4 unspecified atom stereocenters. The Balaban J connectivity index is 1.84. The van der Waals surface area contributed by atoms with E-state index in [9.17, 15) is 0 Å². The summed E-state index contributed by atoms with van der Waals surface area (Å²) in [6.07, 6.45) is 12.1. The summed E-state index contributed by atoms with van der Waals surface area (Å²) in [6, 6.07) is 1.05. The highest BCUT2D eigenvalue weighted by Gasteiger charge is 2.47. The van der Waals surface area contributed by atoms with Gasteiger partial charge in [-0.15, -0.1) is 0 Å². The molecule has 0 spiro atoms. The molecule has 30 heavy (non-hydrogen) atoms. The van der Waals surface area contributed by atoms with Crippen LogP contribution in [0.4, 0.5) is 0 Å². The van der Waals surface area contributed by atoms with Crippen LogP contribution in [0.1, 0.15) is 106 Å². The molecule has 3 fully saturated rings. The van der Waals surface area contributed by atoms with Gasteiger partial charge in [-0.25, -0.2) is 0 Å². The van der Waals surface area contributed by atoms with Gasteiger partial charge in [0.2, 0.25) is 0 Å². The number of hydrogen-bond acceptors (Lipinski definition) is 5. The summed E-state index contributed by atoms with van der Waals surface area (Å²) in [5.74, 6) is 0.622. The van der Waals surface area contributed by atoms with Gasteiger partial charge in [0.1, 0.15) is 0 Å². The van der Waals surface area contributed by atoms with Gasteiger partial charge in [0, 0.05) is 23.2 Å². The second-order valence-corrected chi connectivity index (χ2v) is 12.3. The molecule has 5 nitrogen and oxygen atoms in total. The van der Waals surface area contributed by atoms with E-state index in [0.717, 1.165) is 12.8 Å². The third-order valence-electron chi connectivity index (χ3n) is 8.06. The average molecular weight is 422 g/mol. The summed E-state index contributed by atoms with van der Waals surface area (Å²) >= 11 is 0. The Kier molecular flexibility index (Phi) is 7.61. The van der Waals surface area contributed by atoms with Crippen LogP contribution in [-0.2, 0) is 0 Å². The molecule has 5 heteroatoms. The van der Waals surface area contributed by atoms with Gasteiger partial charge < -0.3 is 21.7 Å². The zero-order valence-corrected chi connectivity index (χ0v) is 20.8. The molecule has 3 heterocycles. The summed E-state index contributed by atoms with van der Waals surface area (Å²) in [7, 11) is 0. The van der Waals surface area contributed by atoms with E-state index < -0.39 is 0 Å². The number of hydrogen-bond donors (Lipinski definition) is 3. The Bertz CT molecular complexity index is 536. The number of nitrogens with two attached hydrogens (primary N) is 2. The third-order valence-corrected chi connectivity index (χ3v) is 8.06. The van der Waals surface area contributed by atoms with E-state index in [1.165, 1.54) is 64.5 Å². The molecule has 0 saturated carbocycles. The standard InChI is InChI=1S/C25H51N5/c1-7-11-21(19-17-23(2,3)28-24(4,5)18-19)30-22(26)16-20(12-13-25(30,6)27)29-14-9-8-10-15-29/h19-22,28H,7-18,26-27H2,1-6H3. The predicted octanol–water partition coefficient (Wildman–Crippen LogP) is 4.01. The molecule has 3 rings (SSSR count). The van der Waals surface area contributed by atoms with Gasteiger partial charge in [0.05, 0.1) is 11.8 Å². The topological polar surface area (TPSA) is 70.5 Å². The normalized spacial score (nSPS) is 37.6. The highest BCUT2D eigenvalue weighted by atomic mass is 15.4. The van der Waals surface area contributed by atoms with Crippen LogP contribution in [0.2, 0.25) is 0 Å². The van der Waals surface area contributed by atoms with Crippen LogP contribution in [-0.4, -0.2) is 57.9 Å². The minimum Gasteiger partial charge on any atom is -0.316 e. The predicted molar refractivity (Wildman–Crippen MR) is 128 cm³/mol. The van der Waals surface area contributed by atoms with Crippen molar-refractivity contribution in [2.24, 2.45) is 17.4 Å². The molecule has 0 amide bonds. The van der Waals surface area contributed by atoms with E-state index in [1.54, 1.807) is 0 Å². The van der Waals surface area contributed by atoms with Crippen LogP contribution >= 0.6 is 0 Å². The van der Waals surface area contributed by atoms with E-state index >= 15 is 0 Å². The fourth-order valence-electron chi connectivity index (χ4n) is 7.29. The smallest absolute Gasteiger partial charge is 0.0674 e. The zero-order valence-electron chi connectivity index (χ0n) is 20.8. The van der Waals surface area contributed by atoms with Crippen molar-refractivity contribution in [1.82, 2.24) is 15.1 Å². The summed E-state index contributed by atoms with van der Waals surface area (Å²) < 4.78 is 0. The molecule has 176 valence electrons. The summed E-state index contributed by atoms with van der Waals surface area (Å²) in [4.78, 5) is 5.30. The molecule has 0 aromatic rings. The SMILES string of the molecule is CCCC(C1CC(C)(C)NC(C)(C)C1)N1C(N)CC(N2CCCCC2)CCC1(C)N. The Hall–Kier alpha value is -0.200. The quantitative estimate of drug-likeness (QED) is 0.625. The number of piperidine rings is 2. The fourth-order valence-corrected chi connectivity index (χ4v) is 7.29. The molecule has 5 N–H and O–H groups in total. The van der Waals surface area contributed by atoms with Gasteiger partial charge in [-0.1, -0.05) is 19.8 Å². The first-order valence-corrected chi connectivity index (χ1v) is 12.8. The first-order valence-electron chi connectivity index (χ1n) is 12.8. The van der Waals surface area contributed by atoms with Crippen molar-refractivity contribution in [2.45, 2.75) is 141 Å². The monoisotopic (exact) mass is 421 g/mol. The minimum absolute atomic E-state index is 0.0482. The highest BCUT2D eigenvalue weighted by Crippen LogP contribution is 2.41. The lowest BCUT2D eigenvalue weighted by atomic mass is 9.71. The average Bonchev–Trinajstić information content (AvgIpc) is 2.73. The van der Waals surface area contributed by atoms with Gasteiger partial charge in [0.15, 0.2) is 0 Å². The Morgan fingerprint density at radius 3 is 2.17 bits per heavy atom. The third kappa shape index (κ3) is 5.78. The molecule has 4 atom stereocenters. The van der Waals surface area contributed by atoms with E-state index in [2.05, 4.69) is 56.7 Å². The van der Waals surface area contributed by atoms with E-state index in [4.69, 9.17) is 11.5 Å². The van der Waals surface area contributed by atoms with Gasteiger partial charge in [-0.3, -0.25) is 4.90 Å². The highest BCUT2D eigenvalue weighted by molar-refractivity contribution is 5.03. The molecule has 0 aromatic carbocycles. The van der Waals surface area contributed by atoms with Crippen molar-refractivity contribution < 1.29 is 0 Å². The van der Waals surface area contributed by atoms with E-state index in [1.807, 2.05) is 0 Å². The largest absolute Gasteiger partial charge is 0.316 e. The van der Waals surface area contributed by atoms with Crippen LogP contribution < -0.4 is 16.8 Å². The molecule has 0 radical (unpaired) electrons. The molecule has 3 aliphatic heterocycles. The molecule has 0 aliphatic carbocycles. The first-order chi connectivity index (χ1) is 13.9.